The first-order chi connectivity index (χ1) is 14.4. The summed E-state index contributed by atoms with van der Waals surface area (Å²) >= 11 is 6.22. The molecule has 0 aliphatic carbocycles. The van der Waals surface area contributed by atoms with Gasteiger partial charge in [-0.1, -0.05) is 41.9 Å². The van der Waals surface area contributed by atoms with Crippen LogP contribution in [0.2, 0.25) is 5.02 Å². The zero-order valence-corrected chi connectivity index (χ0v) is 17.6. The summed E-state index contributed by atoms with van der Waals surface area (Å²) in [6.45, 7) is 3.96. The number of nitrogens with one attached hydrogen (secondary N) is 1. The Labute approximate surface area is 180 Å². The number of hydrogen-bond donors (Lipinski definition) is 1. The van der Waals surface area contributed by atoms with Gasteiger partial charge in [0.05, 0.1) is 22.2 Å². The first-order valence-electron chi connectivity index (χ1n) is 9.09. The Morgan fingerprint density at radius 1 is 1.13 bits per heavy atom. The SMILES string of the molecule is C=CCN(c1ccccc1Cl)S(=O)(=O)c1cccc(C(=O)NCc2cccnc2)c1. The van der Waals surface area contributed by atoms with Crippen LogP contribution in [-0.2, 0) is 16.6 Å². The maximum atomic E-state index is 13.3. The maximum Gasteiger partial charge on any atom is 0.264 e. The highest BCUT2D eigenvalue weighted by molar-refractivity contribution is 7.92. The second-order valence-corrected chi connectivity index (χ2v) is 8.62. The molecule has 2 aromatic carbocycles. The van der Waals surface area contributed by atoms with E-state index in [1.165, 1.54) is 24.3 Å². The van der Waals surface area contributed by atoms with Crippen molar-refractivity contribution in [1.29, 1.82) is 0 Å². The van der Waals surface area contributed by atoms with Crippen molar-refractivity contribution < 1.29 is 13.2 Å². The van der Waals surface area contributed by atoms with Crippen LogP contribution in [0.25, 0.3) is 0 Å². The minimum atomic E-state index is -3.97. The Morgan fingerprint density at radius 3 is 2.63 bits per heavy atom. The zero-order valence-electron chi connectivity index (χ0n) is 16.0. The summed E-state index contributed by atoms with van der Waals surface area (Å²) < 4.78 is 27.8. The Bertz CT molecular complexity index is 1150. The summed E-state index contributed by atoms with van der Waals surface area (Å²) in [7, 11) is -3.97. The molecule has 1 aromatic heterocycles. The lowest BCUT2D eigenvalue weighted by atomic mass is 10.2. The second-order valence-electron chi connectivity index (χ2n) is 6.35. The number of rotatable bonds is 8. The van der Waals surface area contributed by atoms with Crippen LogP contribution in [0.4, 0.5) is 5.69 Å². The van der Waals surface area contributed by atoms with E-state index in [0.717, 1.165) is 9.87 Å². The average Bonchev–Trinajstić information content (AvgIpc) is 2.77. The minimum absolute atomic E-state index is 0.0155. The van der Waals surface area contributed by atoms with Gasteiger partial charge in [0.2, 0.25) is 0 Å². The number of para-hydroxylation sites is 1. The van der Waals surface area contributed by atoms with E-state index in [0.29, 0.717) is 10.7 Å². The predicted molar refractivity (Wildman–Crippen MR) is 118 cm³/mol. The molecule has 8 heteroatoms. The molecule has 0 atom stereocenters. The number of pyridine rings is 1. The van der Waals surface area contributed by atoms with Crippen molar-refractivity contribution >= 4 is 33.2 Å². The molecular weight excluding hydrogens is 422 g/mol. The summed E-state index contributed by atoms with van der Waals surface area (Å²) in [5, 5.41) is 3.06. The Hall–Kier alpha value is -3.16. The number of benzene rings is 2. The van der Waals surface area contributed by atoms with Gasteiger partial charge in [0.15, 0.2) is 0 Å². The molecule has 0 fully saturated rings. The molecule has 154 valence electrons. The molecule has 1 amide bonds. The molecule has 0 aliphatic rings. The molecule has 0 spiro atoms. The zero-order chi connectivity index (χ0) is 21.6. The van der Waals surface area contributed by atoms with Gasteiger partial charge < -0.3 is 5.32 Å². The highest BCUT2D eigenvalue weighted by Crippen LogP contribution is 2.30. The minimum Gasteiger partial charge on any atom is -0.348 e. The quantitative estimate of drug-likeness (QED) is 0.535. The molecular formula is C22H20ClN3O3S. The Balaban J connectivity index is 1.88. The van der Waals surface area contributed by atoms with Crippen molar-refractivity contribution in [3.8, 4) is 0 Å². The number of sulfonamides is 1. The third kappa shape index (κ3) is 4.87. The van der Waals surface area contributed by atoms with Crippen LogP contribution in [0.15, 0.2) is 90.6 Å². The fourth-order valence-corrected chi connectivity index (χ4v) is 4.60. The van der Waals surface area contributed by atoms with E-state index in [4.69, 9.17) is 11.6 Å². The first kappa shape index (κ1) is 21.5. The van der Waals surface area contributed by atoms with Gasteiger partial charge in [0.25, 0.3) is 15.9 Å². The molecule has 0 saturated carbocycles. The average molecular weight is 442 g/mol. The number of carbonyl (C=O) groups excluding carboxylic acids is 1. The van der Waals surface area contributed by atoms with Gasteiger partial charge in [0, 0.05) is 24.5 Å². The van der Waals surface area contributed by atoms with E-state index >= 15 is 0 Å². The van der Waals surface area contributed by atoms with Crippen molar-refractivity contribution in [3.63, 3.8) is 0 Å². The van der Waals surface area contributed by atoms with Crippen molar-refractivity contribution in [2.75, 3.05) is 10.8 Å². The largest absolute Gasteiger partial charge is 0.348 e. The first-order valence-corrected chi connectivity index (χ1v) is 10.9. The Kier molecular flexibility index (Phi) is 6.87. The lowest BCUT2D eigenvalue weighted by Gasteiger charge is -2.24. The standard InChI is InChI=1S/C22H20ClN3O3S/c1-2-13-26(21-11-4-3-10-20(21)23)30(28,29)19-9-5-8-18(14-19)22(27)25-16-17-7-6-12-24-15-17/h2-12,14-15H,1,13,16H2,(H,25,27). The highest BCUT2D eigenvalue weighted by atomic mass is 35.5. The van der Waals surface area contributed by atoms with Crippen LogP contribution in [0, 0.1) is 0 Å². The van der Waals surface area contributed by atoms with E-state index < -0.39 is 10.0 Å². The molecule has 30 heavy (non-hydrogen) atoms. The molecule has 0 unspecified atom stereocenters. The van der Waals surface area contributed by atoms with Gasteiger partial charge in [-0.05, 0) is 42.0 Å². The fourth-order valence-electron chi connectivity index (χ4n) is 2.81. The highest BCUT2D eigenvalue weighted by Gasteiger charge is 2.26. The normalized spacial score (nSPS) is 11.0. The maximum absolute atomic E-state index is 13.3. The van der Waals surface area contributed by atoms with Gasteiger partial charge in [0.1, 0.15) is 0 Å². The van der Waals surface area contributed by atoms with E-state index in [-0.39, 0.29) is 29.5 Å². The summed E-state index contributed by atoms with van der Waals surface area (Å²) in [6.07, 6.45) is 4.77. The third-order valence-corrected chi connectivity index (χ3v) is 6.37. The number of halogens is 1. The fraction of sp³-hybridized carbons (Fsp3) is 0.0909. The van der Waals surface area contributed by atoms with Crippen molar-refractivity contribution in [2.45, 2.75) is 11.4 Å². The molecule has 0 saturated heterocycles. The van der Waals surface area contributed by atoms with E-state index in [1.54, 1.807) is 48.8 Å². The molecule has 0 bridgehead atoms. The molecule has 3 rings (SSSR count). The summed E-state index contributed by atoms with van der Waals surface area (Å²) in [5.41, 5.74) is 1.41. The van der Waals surface area contributed by atoms with Crippen LogP contribution in [-0.4, -0.2) is 25.9 Å². The molecule has 0 aliphatic heterocycles. The predicted octanol–water partition coefficient (Wildman–Crippen LogP) is 4.05. The number of aromatic nitrogens is 1. The number of carbonyl (C=O) groups is 1. The van der Waals surface area contributed by atoms with Crippen molar-refractivity contribution in [2.24, 2.45) is 0 Å². The molecule has 0 radical (unpaired) electrons. The topological polar surface area (TPSA) is 79.4 Å². The van der Waals surface area contributed by atoms with Crippen LogP contribution < -0.4 is 9.62 Å². The summed E-state index contributed by atoms with van der Waals surface area (Å²) in [4.78, 5) is 16.5. The van der Waals surface area contributed by atoms with Crippen molar-refractivity contribution in [3.05, 3.63) is 102 Å². The van der Waals surface area contributed by atoms with E-state index in [1.807, 2.05) is 6.07 Å². The van der Waals surface area contributed by atoms with Gasteiger partial charge >= 0.3 is 0 Å². The van der Waals surface area contributed by atoms with E-state index in [9.17, 15) is 13.2 Å². The van der Waals surface area contributed by atoms with Crippen LogP contribution >= 0.6 is 11.6 Å². The van der Waals surface area contributed by atoms with Crippen LogP contribution in [0.1, 0.15) is 15.9 Å². The number of hydrogen-bond acceptors (Lipinski definition) is 4. The third-order valence-electron chi connectivity index (χ3n) is 4.28. The molecule has 3 aromatic rings. The number of nitrogens with zero attached hydrogens (tertiary/aromatic N) is 2. The lowest BCUT2D eigenvalue weighted by molar-refractivity contribution is 0.0950. The van der Waals surface area contributed by atoms with Gasteiger partial charge in [-0.3, -0.25) is 14.1 Å². The second kappa shape index (κ2) is 9.56. The summed E-state index contributed by atoms with van der Waals surface area (Å²) in [5.74, 6) is -0.385. The summed E-state index contributed by atoms with van der Waals surface area (Å²) in [6, 6.07) is 16.2. The van der Waals surface area contributed by atoms with Gasteiger partial charge in [-0.15, -0.1) is 6.58 Å². The number of amides is 1. The van der Waals surface area contributed by atoms with E-state index in [2.05, 4.69) is 16.9 Å². The lowest BCUT2D eigenvalue weighted by Crippen LogP contribution is -2.31. The monoisotopic (exact) mass is 441 g/mol. The van der Waals surface area contributed by atoms with Crippen LogP contribution in [0.3, 0.4) is 0 Å². The Morgan fingerprint density at radius 2 is 1.93 bits per heavy atom. The van der Waals surface area contributed by atoms with Crippen LogP contribution in [0.5, 0.6) is 0 Å². The van der Waals surface area contributed by atoms with Gasteiger partial charge in [-0.25, -0.2) is 8.42 Å². The smallest absolute Gasteiger partial charge is 0.264 e. The number of anilines is 1. The van der Waals surface area contributed by atoms with Crippen molar-refractivity contribution in [1.82, 2.24) is 10.3 Å². The molecule has 6 nitrogen and oxygen atoms in total. The molecule has 1 heterocycles. The molecule has 1 N–H and O–H groups in total. The van der Waals surface area contributed by atoms with Gasteiger partial charge in [-0.2, -0.15) is 0 Å².